The highest BCUT2D eigenvalue weighted by atomic mass is 32.2. The molecule has 0 unspecified atom stereocenters. The van der Waals surface area contributed by atoms with Crippen LogP contribution in [0.2, 0.25) is 0 Å². The fourth-order valence-corrected chi connectivity index (χ4v) is 3.06. The van der Waals surface area contributed by atoms with E-state index in [-0.39, 0.29) is 12.5 Å². The molecule has 0 aromatic heterocycles. The van der Waals surface area contributed by atoms with Gasteiger partial charge in [-0.1, -0.05) is 12.1 Å². The summed E-state index contributed by atoms with van der Waals surface area (Å²) in [6, 6.07) is 14.0. The maximum atomic E-state index is 12.7. The molecule has 1 atom stereocenters. The number of fused-ring (bicyclic) bond motifs is 1. The summed E-state index contributed by atoms with van der Waals surface area (Å²) in [4.78, 5) is 39.2. The van der Waals surface area contributed by atoms with Gasteiger partial charge in [-0.3, -0.25) is 14.5 Å². The normalized spacial score (nSPS) is 14.2. The lowest BCUT2D eigenvalue weighted by atomic mass is 10.1. The number of carbonyl (C=O) groups is 3. The van der Waals surface area contributed by atoms with E-state index in [0.29, 0.717) is 16.9 Å². The van der Waals surface area contributed by atoms with Crippen LogP contribution in [-0.4, -0.2) is 36.7 Å². The topological polar surface area (TPSA) is 75.7 Å². The van der Waals surface area contributed by atoms with Crippen molar-refractivity contribution in [2.45, 2.75) is 17.9 Å². The standard InChI is InChI=1S/C19H18N2O4S/c1-12(25-19(24)13-7-9-14(26-2)10-8-13)18(23)21-11-17(22)20-15-5-3-4-6-16(15)21/h3-10,12H,11H2,1-2H3,(H,20,22)/t12-/m0/s1. The number of hydrogen-bond acceptors (Lipinski definition) is 5. The molecule has 1 N–H and O–H groups in total. The van der Waals surface area contributed by atoms with Gasteiger partial charge in [-0.05, 0) is 49.6 Å². The van der Waals surface area contributed by atoms with E-state index in [9.17, 15) is 14.4 Å². The van der Waals surface area contributed by atoms with E-state index in [1.165, 1.54) is 11.8 Å². The summed E-state index contributed by atoms with van der Waals surface area (Å²) in [5, 5.41) is 2.72. The van der Waals surface area contributed by atoms with Crippen LogP contribution < -0.4 is 10.2 Å². The molecule has 1 aliphatic heterocycles. The van der Waals surface area contributed by atoms with E-state index in [0.717, 1.165) is 4.90 Å². The summed E-state index contributed by atoms with van der Waals surface area (Å²) in [5.41, 5.74) is 1.52. The second-order valence-corrected chi connectivity index (χ2v) is 6.65. The predicted molar refractivity (Wildman–Crippen MR) is 101 cm³/mol. The Balaban J connectivity index is 1.73. The molecule has 0 radical (unpaired) electrons. The van der Waals surface area contributed by atoms with Gasteiger partial charge in [0.05, 0.1) is 16.9 Å². The summed E-state index contributed by atoms with van der Waals surface area (Å²) in [6.45, 7) is 1.39. The van der Waals surface area contributed by atoms with E-state index in [1.54, 1.807) is 48.2 Å². The number of benzene rings is 2. The Morgan fingerprint density at radius 2 is 1.85 bits per heavy atom. The van der Waals surface area contributed by atoms with E-state index >= 15 is 0 Å². The molecule has 134 valence electrons. The summed E-state index contributed by atoms with van der Waals surface area (Å²) in [7, 11) is 0. The van der Waals surface area contributed by atoms with Gasteiger partial charge in [-0.25, -0.2) is 4.79 Å². The van der Waals surface area contributed by atoms with Crippen LogP contribution in [0.4, 0.5) is 11.4 Å². The van der Waals surface area contributed by atoms with Gasteiger partial charge < -0.3 is 10.1 Å². The first-order valence-corrected chi connectivity index (χ1v) is 9.27. The Labute approximate surface area is 155 Å². The highest BCUT2D eigenvalue weighted by molar-refractivity contribution is 7.98. The van der Waals surface area contributed by atoms with Crippen LogP contribution >= 0.6 is 11.8 Å². The predicted octanol–water partition coefficient (Wildman–Crippen LogP) is 2.94. The van der Waals surface area contributed by atoms with Gasteiger partial charge in [0.15, 0.2) is 6.10 Å². The molecule has 0 saturated carbocycles. The first-order valence-electron chi connectivity index (χ1n) is 8.05. The van der Waals surface area contributed by atoms with Crippen LogP contribution in [0.15, 0.2) is 53.4 Å². The number of ether oxygens (including phenoxy) is 1. The van der Waals surface area contributed by atoms with Gasteiger partial charge in [0.25, 0.3) is 5.91 Å². The first kappa shape index (κ1) is 18.0. The molecule has 7 heteroatoms. The maximum absolute atomic E-state index is 12.7. The van der Waals surface area contributed by atoms with Crippen molar-refractivity contribution in [3.8, 4) is 0 Å². The van der Waals surface area contributed by atoms with Gasteiger partial charge in [-0.2, -0.15) is 0 Å². The number of amides is 2. The fraction of sp³-hybridized carbons (Fsp3) is 0.211. The molecule has 2 aromatic rings. The van der Waals surface area contributed by atoms with E-state index in [1.807, 2.05) is 18.4 Å². The quantitative estimate of drug-likeness (QED) is 0.662. The second kappa shape index (κ2) is 7.61. The minimum absolute atomic E-state index is 0.111. The monoisotopic (exact) mass is 370 g/mol. The van der Waals surface area contributed by atoms with Gasteiger partial charge in [0.1, 0.15) is 6.54 Å². The molecule has 0 spiro atoms. The molecule has 2 aromatic carbocycles. The number of hydrogen-bond donors (Lipinski definition) is 1. The summed E-state index contributed by atoms with van der Waals surface area (Å²) in [5.74, 6) is -1.31. The Kier molecular flexibility index (Phi) is 5.27. The number of esters is 1. The minimum Gasteiger partial charge on any atom is -0.449 e. The van der Waals surface area contributed by atoms with Crippen LogP contribution in [0.3, 0.4) is 0 Å². The van der Waals surface area contributed by atoms with Crippen LogP contribution in [0.5, 0.6) is 0 Å². The van der Waals surface area contributed by atoms with Crippen LogP contribution in [0.1, 0.15) is 17.3 Å². The van der Waals surface area contributed by atoms with Crippen LogP contribution in [-0.2, 0) is 14.3 Å². The van der Waals surface area contributed by atoms with E-state index in [2.05, 4.69) is 5.32 Å². The lowest BCUT2D eigenvalue weighted by Crippen LogP contribution is -2.47. The highest BCUT2D eigenvalue weighted by Crippen LogP contribution is 2.29. The van der Waals surface area contributed by atoms with Gasteiger partial charge in [0, 0.05) is 4.90 Å². The fourth-order valence-electron chi connectivity index (χ4n) is 2.66. The SMILES string of the molecule is CSc1ccc(C(=O)O[C@@H](C)C(=O)N2CC(=O)Nc3ccccc32)cc1. The number of rotatable bonds is 4. The lowest BCUT2D eigenvalue weighted by molar-refractivity contribution is -0.128. The summed E-state index contributed by atoms with van der Waals surface area (Å²) < 4.78 is 5.31. The smallest absolute Gasteiger partial charge is 0.338 e. The largest absolute Gasteiger partial charge is 0.449 e. The minimum atomic E-state index is -1.01. The van der Waals surface area contributed by atoms with Crippen molar-refractivity contribution < 1.29 is 19.1 Å². The first-order chi connectivity index (χ1) is 12.5. The Morgan fingerprint density at radius 3 is 2.54 bits per heavy atom. The Morgan fingerprint density at radius 1 is 1.15 bits per heavy atom. The van der Waals surface area contributed by atoms with Crippen molar-refractivity contribution in [3.63, 3.8) is 0 Å². The van der Waals surface area contributed by atoms with Crippen molar-refractivity contribution in [3.05, 3.63) is 54.1 Å². The summed E-state index contributed by atoms with van der Waals surface area (Å²) in [6.07, 6.45) is 0.933. The average molecular weight is 370 g/mol. The maximum Gasteiger partial charge on any atom is 0.338 e. The number of nitrogens with zero attached hydrogens (tertiary/aromatic N) is 1. The molecule has 3 rings (SSSR count). The molecular weight excluding hydrogens is 352 g/mol. The van der Waals surface area contributed by atoms with Gasteiger partial charge in [-0.15, -0.1) is 11.8 Å². The third-order valence-corrected chi connectivity index (χ3v) is 4.74. The third kappa shape index (κ3) is 3.72. The number of para-hydroxylation sites is 2. The van der Waals surface area contributed by atoms with E-state index < -0.39 is 18.0 Å². The van der Waals surface area contributed by atoms with Crippen LogP contribution in [0, 0.1) is 0 Å². The molecule has 0 aliphatic carbocycles. The third-order valence-electron chi connectivity index (χ3n) is 3.99. The van der Waals surface area contributed by atoms with Crippen molar-refractivity contribution in [2.75, 3.05) is 23.0 Å². The number of nitrogens with one attached hydrogen (secondary N) is 1. The molecule has 0 saturated heterocycles. The summed E-state index contributed by atoms with van der Waals surface area (Å²) >= 11 is 1.57. The molecular formula is C19H18N2O4S. The highest BCUT2D eigenvalue weighted by Gasteiger charge is 2.31. The average Bonchev–Trinajstić information content (AvgIpc) is 2.66. The molecule has 1 heterocycles. The Hall–Kier alpha value is -2.80. The molecule has 6 nitrogen and oxygen atoms in total. The van der Waals surface area contributed by atoms with Crippen molar-refractivity contribution >= 4 is 40.9 Å². The molecule has 0 fully saturated rings. The van der Waals surface area contributed by atoms with Crippen LogP contribution in [0.25, 0.3) is 0 Å². The van der Waals surface area contributed by atoms with Gasteiger partial charge >= 0.3 is 5.97 Å². The van der Waals surface area contributed by atoms with Crippen molar-refractivity contribution in [2.24, 2.45) is 0 Å². The second-order valence-electron chi connectivity index (χ2n) is 5.77. The molecule has 1 aliphatic rings. The number of carbonyl (C=O) groups excluding carboxylic acids is 3. The zero-order valence-electron chi connectivity index (χ0n) is 14.4. The molecule has 0 bridgehead atoms. The molecule has 26 heavy (non-hydrogen) atoms. The Bertz CT molecular complexity index is 851. The lowest BCUT2D eigenvalue weighted by Gasteiger charge is -2.30. The molecule has 2 amide bonds. The van der Waals surface area contributed by atoms with Crippen molar-refractivity contribution in [1.29, 1.82) is 0 Å². The van der Waals surface area contributed by atoms with Crippen molar-refractivity contribution in [1.82, 2.24) is 0 Å². The number of thioether (sulfide) groups is 1. The van der Waals surface area contributed by atoms with E-state index in [4.69, 9.17) is 4.74 Å². The van der Waals surface area contributed by atoms with Gasteiger partial charge in [0.2, 0.25) is 5.91 Å². The number of anilines is 2. The zero-order chi connectivity index (χ0) is 18.7. The zero-order valence-corrected chi connectivity index (χ0v) is 15.2.